The SMILES string of the molecule is CCc1ccccc1NC(=O)COC(=O)c1sc2nc(C)[nH]c(=O)c2c1C. The van der Waals surface area contributed by atoms with Gasteiger partial charge in [-0.05, 0) is 37.5 Å². The summed E-state index contributed by atoms with van der Waals surface area (Å²) >= 11 is 1.08. The van der Waals surface area contributed by atoms with Crippen molar-refractivity contribution >= 4 is 39.1 Å². The molecule has 0 fully saturated rings. The number of nitrogens with zero attached hydrogens (tertiary/aromatic N) is 1. The molecule has 0 aliphatic carbocycles. The normalized spacial score (nSPS) is 10.8. The van der Waals surface area contributed by atoms with Crippen LogP contribution in [0.1, 0.15) is 33.5 Å². The highest BCUT2D eigenvalue weighted by Crippen LogP contribution is 2.27. The minimum atomic E-state index is -0.647. The number of aromatic nitrogens is 2. The predicted molar refractivity (Wildman–Crippen MR) is 104 cm³/mol. The minimum absolute atomic E-state index is 0.273. The van der Waals surface area contributed by atoms with Gasteiger partial charge in [0.2, 0.25) is 0 Å². The molecule has 0 unspecified atom stereocenters. The number of carbonyl (C=O) groups is 2. The standard InChI is InChI=1S/C19H19N3O4S/c1-4-12-7-5-6-8-13(12)22-14(23)9-26-19(25)16-10(2)15-17(24)20-11(3)21-18(15)27-16/h5-8H,4,9H2,1-3H3,(H,22,23)(H,20,21,24). The highest BCUT2D eigenvalue weighted by Gasteiger charge is 2.21. The van der Waals surface area contributed by atoms with Gasteiger partial charge in [-0.25, -0.2) is 9.78 Å². The summed E-state index contributed by atoms with van der Waals surface area (Å²) in [4.78, 5) is 44.2. The molecular weight excluding hydrogens is 366 g/mol. The van der Waals surface area contributed by atoms with E-state index in [1.807, 2.05) is 25.1 Å². The van der Waals surface area contributed by atoms with Crippen molar-refractivity contribution < 1.29 is 14.3 Å². The molecule has 0 radical (unpaired) electrons. The molecule has 0 saturated carbocycles. The molecule has 0 aliphatic rings. The summed E-state index contributed by atoms with van der Waals surface area (Å²) in [5.74, 6) is -0.594. The van der Waals surface area contributed by atoms with E-state index in [1.165, 1.54) is 0 Å². The summed E-state index contributed by atoms with van der Waals surface area (Å²) < 4.78 is 5.14. The Morgan fingerprint density at radius 3 is 2.74 bits per heavy atom. The van der Waals surface area contributed by atoms with Crippen LogP contribution in [0.3, 0.4) is 0 Å². The zero-order chi connectivity index (χ0) is 19.6. The van der Waals surface area contributed by atoms with E-state index >= 15 is 0 Å². The minimum Gasteiger partial charge on any atom is -0.451 e. The van der Waals surface area contributed by atoms with Gasteiger partial charge in [0.1, 0.15) is 15.5 Å². The lowest BCUT2D eigenvalue weighted by Gasteiger charge is -2.09. The van der Waals surface area contributed by atoms with Crippen LogP contribution in [0.4, 0.5) is 5.69 Å². The molecule has 0 bridgehead atoms. The van der Waals surface area contributed by atoms with E-state index < -0.39 is 18.5 Å². The third kappa shape index (κ3) is 3.90. The van der Waals surface area contributed by atoms with Crippen LogP contribution in [-0.4, -0.2) is 28.5 Å². The maximum Gasteiger partial charge on any atom is 0.349 e. The highest BCUT2D eigenvalue weighted by atomic mass is 32.1. The van der Waals surface area contributed by atoms with Crippen molar-refractivity contribution in [2.24, 2.45) is 0 Å². The maximum atomic E-state index is 12.4. The Balaban J connectivity index is 1.72. The first-order valence-electron chi connectivity index (χ1n) is 8.45. The van der Waals surface area contributed by atoms with Crippen molar-refractivity contribution in [1.29, 1.82) is 0 Å². The first-order valence-corrected chi connectivity index (χ1v) is 9.27. The number of para-hydroxylation sites is 1. The molecule has 1 aromatic carbocycles. The second-order valence-electron chi connectivity index (χ2n) is 6.02. The van der Waals surface area contributed by atoms with E-state index in [0.717, 1.165) is 23.3 Å². The van der Waals surface area contributed by atoms with E-state index in [-0.39, 0.29) is 10.4 Å². The van der Waals surface area contributed by atoms with Crippen LogP contribution in [0.2, 0.25) is 0 Å². The average molecular weight is 385 g/mol. The van der Waals surface area contributed by atoms with Crippen molar-refractivity contribution in [2.75, 3.05) is 11.9 Å². The van der Waals surface area contributed by atoms with Gasteiger partial charge in [0.05, 0.1) is 5.39 Å². The Labute approximate surface area is 159 Å². The number of hydrogen-bond acceptors (Lipinski definition) is 6. The van der Waals surface area contributed by atoms with E-state index in [0.29, 0.717) is 27.3 Å². The number of fused-ring (bicyclic) bond motifs is 1. The fourth-order valence-electron chi connectivity index (χ4n) is 2.78. The van der Waals surface area contributed by atoms with E-state index in [1.54, 1.807) is 19.9 Å². The summed E-state index contributed by atoms with van der Waals surface area (Å²) in [6.07, 6.45) is 0.776. The fraction of sp³-hybridized carbons (Fsp3) is 0.263. The van der Waals surface area contributed by atoms with E-state index in [2.05, 4.69) is 15.3 Å². The number of hydrogen-bond donors (Lipinski definition) is 2. The lowest BCUT2D eigenvalue weighted by atomic mass is 10.1. The fourth-order valence-corrected chi connectivity index (χ4v) is 3.90. The molecule has 3 aromatic rings. The zero-order valence-electron chi connectivity index (χ0n) is 15.2. The van der Waals surface area contributed by atoms with Crippen LogP contribution in [0, 0.1) is 13.8 Å². The number of rotatable bonds is 5. The largest absolute Gasteiger partial charge is 0.451 e. The summed E-state index contributed by atoms with van der Waals surface area (Å²) in [6.45, 7) is 4.92. The predicted octanol–water partition coefficient (Wildman–Crippen LogP) is 2.96. The number of amides is 1. The van der Waals surface area contributed by atoms with E-state index in [9.17, 15) is 14.4 Å². The van der Waals surface area contributed by atoms with Gasteiger partial charge < -0.3 is 15.0 Å². The van der Waals surface area contributed by atoms with Crippen LogP contribution < -0.4 is 10.9 Å². The van der Waals surface area contributed by atoms with Gasteiger partial charge in [0.25, 0.3) is 11.5 Å². The van der Waals surface area contributed by atoms with Crippen LogP contribution in [0.5, 0.6) is 0 Å². The van der Waals surface area contributed by atoms with Gasteiger partial charge in [-0.1, -0.05) is 25.1 Å². The van der Waals surface area contributed by atoms with Gasteiger partial charge in [-0.15, -0.1) is 11.3 Å². The van der Waals surface area contributed by atoms with Gasteiger partial charge >= 0.3 is 5.97 Å². The smallest absolute Gasteiger partial charge is 0.349 e. The van der Waals surface area contributed by atoms with Crippen molar-refractivity contribution in [3.63, 3.8) is 0 Å². The Bertz CT molecular complexity index is 1080. The molecule has 7 nitrogen and oxygen atoms in total. The Hall–Kier alpha value is -3.00. The summed E-state index contributed by atoms with van der Waals surface area (Å²) in [5.41, 5.74) is 1.91. The number of ether oxygens (including phenoxy) is 1. The van der Waals surface area contributed by atoms with Crippen molar-refractivity contribution in [3.05, 3.63) is 56.4 Å². The lowest BCUT2D eigenvalue weighted by Crippen LogP contribution is -2.21. The molecule has 0 saturated heterocycles. The topological polar surface area (TPSA) is 101 Å². The molecule has 0 aliphatic heterocycles. The van der Waals surface area contributed by atoms with Gasteiger partial charge in [0.15, 0.2) is 6.61 Å². The molecule has 2 heterocycles. The molecule has 140 valence electrons. The maximum absolute atomic E-state index is 12.4. The van der Waals surface area contributed by atoms with Gasteiger partial charge in [-0.2, -0.15) is 0 Å². The number of anilines is 1. The van der Waals surface area contributed by atoms with Crippen LogP contribution in [0.25, 0.3) is 10.2 Å². The average Bonchev–Trinajstić information content (AvgIpc) is 2.96. The second-order valence-corrected chi connectivity index (χ2v) is 7.02. The molecule has 0 spiro atoms. The third-order valence-electron chi connectivity index (χ3n) is 4.11. The molecule has 3 rings (SSSR count). The van der Waals surface area contributed by atoms with Gasteiger partial charge in [0, 0.05) is 5.69 Å². The number of aryl methyl sites for hydroxylation is 3. The molecule has 8 heteroatoms. The van der Waals surface area contributed by atoms with Crippen molar-refractivity contribution in [1.82, 2.24) is 9.97 Å². The van der Waals surface area contributed by atoms with E-state index in [4.69, 9.17) is 4.74 Å². The number of H-pyrrole nitrogens is 1. The Morgan fingerprint density at radius 1 is 1.26 bits per heavy atom. The Morgan fingerprint density at radius 2 is 2.00 bits per heavy atom. The summed E-state index contributed by atoms with van der Waals surface area (Å²) in [6, 6.07) is 7.45. The molecular formula is C19H19N3O4S. The molecule has 1 amide bonds. The summed E-state index contributed by atoms with van der Waals surface area (Å²) in [5, 5.41) is 3.12. The second kappa shape index (κ2) is 7.71. The molecule has 2 aromatic heterocycles. The number of benzene rings is 1. The number of esters is 1. The zero-order valence-corrected chi connectivity index (χ0v) is 16.0. The Kier molecular flexibility index (Phi) is 5.36. The lowest BCUT2D eigenvalue weighted by molar-refractivity contribution is -0.119. The highest BCUT2D eigenvalue weighted by molar-refractivity contribution is 7.20. The number of thiophene rings is 1. The monoisotopic (exact) mass is 385 g/mol. The van der Waals surface area contributed by atoms with Crippen LogP contribution >= 0.6 is 11.3 Å². The van der Waals surface area contributed by atoms with Crippen molar-refractivity contribution in [3.8, 4) is 0 Å². The third-order valence-corrected chi connectivity index (χ3v) is 5.28. The van der Waals surface area contributed by atoms with Crippen LogP contribution in [-0.2, 0) is 16.0 Å². The number of nitrogens with one attached hydrogen (secondary N) is 2. The molecule has 27 heavy (non-hydrogen) atoms. The van der Waals surface area contributed by atoms with Crippen LogP contribution in [0.15, 0.2) is 29.1 Å². The number of carbonyl (C=O) groups excluding carboxylic acids is 2. The first-order chi connectivity index (χ1) is 12.9. The number of aromatic amines is 1. The molecule has 0 atom stereocenters. The van der Waals surface area contributed by atoms with Gasteiger partial charge in [-0.3, -0.25) is 9.59 Å². The molecule has 2 N–H and O–H groups in total. The van der Waals surface area contributed by atoms with Crippen molar-refractivity contribution in [2.45, 2.75) is 27.2 Å². The summed E-state index contributed by atoms with van der Waals surface area (Å²) in [7, 11) is 0. The quantitative estimate of drug-likeness (QED) is 0.658. The first kappa shape index (κ1) is 18.8.